The number of methoxy groups -OCH3 is 1. The number of benzene rings is 2. The number of halogens is 1. The molecule has 1 fully saturated rings. The van der Waals surface area contributed by atoms with Crippen molar-refractivity contribution in [1.29, 1.82) is 0 Å². The molecule has 2 aromatic rings. The smallest absolute Gasteiger partial charge is 0.305 e. The number of amides is 1. The second-order valence-corrected chi connectivity index (χ2v) is 8.76. The minimum atomic E-state index is -0.270. The lowest BCUT2D eigenvalue weighted by Crippen LogP contribution is -2.48. The maximum atomic E-state index is 11.8. The van der Waals surface area contributed by atoms with Crippen molar-refractivity contribution in [3.05, 3.63) is 70.7 Å². The molecule has 8 heteroatoms. The van der Waals surface area contributed by atoms with E-state index in [9.17, 15) is 9.59 Å². The highest BCUT2D eigenvalue weighted by Crippen LogP contribution is 2.30. The normalized spacial score (nSPS) is 15.6. The van der Waals surface area contributed by atoms with Crippen LogP contribution in [0.4, 0.5) is 0 Å². The Morgan fingerprint density at radius 3 is 2.35 bits per heavy atom. The Morgan fingerprint density at radius 1 is 1.00 bits per heavy atom. The second-order valence-electron chi connectivity index (χ2n) is 8.32. The average molecular weight is 488 g/mol. The lowest BCUT2D eigenvalue weighted by Gasteiger charge is -2.39. The van der Waals surface area contributed by atoms with Crippen LogP contribution in [-0.2, 0) is 19.1 Å². The highest BCUT2D eigenvalue weighted by Gasteiger charge is 2.26. The second kappa shape index (κ2) is 14.1. The van der Waals surface area contributed by atoms with Crippen molar-refractivity contribution < 1.29 is 19.1 Å². The Morgan fingerprint density at radius 2 is 1.68 bits per heavy atom. The molecule has 1 atom stereocenters. The fourth-order valence-electron chi connectivity index (χ4n) is 4.11. The number of carbonyl (C=O) groups is 2. The predicted octanol–water partition coefficient (Wildman–Crippen LogP) is 3.13. The fraction of sp³-hybridized carbons (Fsp3) is 0.462. The van der Waals surface area contributed by atoms with Crippen molar-refractivity contribution in [3.63, 3.8) is 0 Å². The summed E-state index contributed by atoms with van der Waals surface area (Å²) < 4.78 is 10.1. The molecule has 1 saturated heterocycles. The molecule has 0 aliphatic carbocycles. The Bertz CT molecular complexity index is 887. The zero-order valence-electron chi connectivity index (χ0n) is 19.7. The Labute approximate surface area is 207 Å². The lowest BCUT2D eigenvalue weighted by molar-refractivity contribution is -0.140. The molecule has 1 aliphatic rings. The molecule has 1 unspecified atom stereocenters. The maximum Gasteiger partial charge on any atom is 0.305 e. The number of carbonyl (C=O) groups excluding carboxylic acids is 2. The van der Waals surface area contributed by atoms with Gasteiger partial charge in [0.05, 0.1) is 19.8 Å². The van der Waals surface area contributed by atoms with Gasteiger partial charge in [-0.3, -0.25) is 19.4 Å². The van der Waals surface area contributed by atoms with Gasteiger partial charge in [-0.15, -0.1) is 0 Å². The number of hydrogen-bond acceptors (Lipinski definition) is 6. The van der Waals surface area contributed by atoms with Gasteiger partial charge in [0.2, 0.25) is 5.91 Å². The van der Waals surface area contributed by atoms with E-state index in [2.05, 4.69) is 56.3 Å². The Kier molecular flexibility index (Phi) is 10.8. The van der Waals surface area contributed by atoms with Gasteiger partial charge in [0, 0.05) is 50.7 Å². The number of ether oxygens (including phenoxy) is 2. The van der Waals surface area contributed by atoms with Gasteiger partial charge in [0.15, 0.2) is 0 Å². The summed E-state index contributed by atoms with van der Waals surface area (Å²) in [5.74, 6) is -0.433. The van der Waals surface area contributed by atoms with Gasteiger partial charge in [-0.05, 0) is 29.7 Å². The number of nitrogens with zero attached hydrogens (tertiary/aromatic N) is 2. The summed E-state index contributed by atoms with van der Waals surface area (Å²) in [6.45, 7) is 5.56. The van der Waals surface area contributed by atoms with Gasteiger partial charge in [0.1, 0.15) is 6.61 Å². The largest absolute Gasteiger partial charge is 0.469 e. The summed E-state index contributed by atoms with van der Waals surface area (Å²) >= 11 is 6.12. The molecule has 1 heterocycles. The lowest BCUT2D eigenvalue weighted by atomic mass is 9.96. The Balaban J connectivity index is 1.39. The van der Waals surface area contributed by atoms with Crippen molar-refractivity contribution in [1.82, 2.24) is 15.1 Å². The summed E-state index contributed by atoms with van der Waals surface area (Å²) in [7, 11) is 1.36. The number of hydrogen-bond donors (Lipinski definition) is 1. The molecule has 0 radical (unpaired) electrons. The van der Waals surface area contributed by atoms with Gasteiger partial charge < -0.3 is 14.8 Å². The van der Waals surface area contributed by atoms with Crippen LogP contribution in [0.3, 0.4) is 0 Å². The van der Waals surface area contributed by atoms with Crippen molar-refractivity contribution >= 4 is 23.5 Å². The molecule has 1 N–H and O–H groups in total. The van der Waals surface area contributed by atoms with Crippen molar-refractivity contribution in [2.75, 3.05) is 59.6 Å². The van der Waals surface area contributed by atoms with Gasteiger partial charge in [-0.1, -0.05) is 54.1 Å². The van der Waals surface area contributed by atoms with Crippen LogP contribution in [0.2, 0.25) is 5.02 Å². The molecule has 0 saturated carbocycles. The Hall–Kier alpha value is -2.45. The van der Waals surface area contributed by atoms with E-state index in [4.69, 9.17) is 16.3 Å². The minimum Gasteiger partial charge on any atom is -0.469 e. The number of nitrogens with one attached hydrogen (secondary N) is 1. The van der Waals surface area contributed by atoms with E-state index in [0.717, 1.165) is 37.7 Å². The van der Waals surface area contributed by atoms with Crippen LogP contribution in [0.5, 0.6) is 0 Å². The van der Waals surface area contributed by atoms with E-state index < -0.39 is 0 Å². The minimum absolute atomic E-state index is 0.0326. The zero-order valence-corrected chi connectivity index (χ0v) is 20.5. The van der Waals surface area contributed by atoms with Crippen LogP contribution in [0.15, 0.2) is 54.6 Å². The molecular weight excluding hydrogens is 454 g/mol. The summed E-state index contributed by atoms with van der Waals surface area (Å²) in [5, 5.41) is 3.50. The van der Waals surface area contributed by atoms with Crippen LogP contribution in [0.25, 0.3) is 0 Å². The van der Waals surface area contributed by atoms with Crippen LogP contribution in [0.1, 0.15) is 30.0 Å². The van der Waals surface area contributed by atoms with Crippen LogP contribution < -0.4 is 5.32 Å². The topological polar surface area (TPSA) is 71.1 Å². The SMILES string of the molecule is COC(=O)CCCNC(=O)COCCN1CCN(C(c2ccccc2)c2ccc(Cl)cc2)CC1. The van der Waals surface area contributed by atoms with Crippen LogP contribution >= 0.6 is 11.6 Å². The van der Waals surface area contributed by atoms with Gasteiger partial charge in [-0.2, -0.15) is 0 Å². The van der Waals surface area contributed by atoms with Crippen molar-refractivity contribution in [2.24, 2.45) is 0 Å². The molecule has 3 rings (SSSR count). The van der Waals surface area contributed by atoms with Gasteiger partial charge >= 0.3 is 5.97 Å². The number of rotatable bonds is 12. The standard InChI is InChI=1S/C26H34ClN3O4/c1-33-25(32)8-5-13-28-24(31)20-34-19-18-29-14-16-30(17-15-29)26(21-6-3-2-4-7-21)22-9-11-23(27)12-10-22/h2-4,6-7,9-12,26H,5,8,13-20H2,1H3,(H,28,31). The molecule has 0 spiro atoms. The molecule has 184 valence electrons. The summed E-state index contributed by atoms with van der Waals surface area (Å²) in [6, 6.07) is 18.9. The third-order valence-corrected chi connectivity index (χ3v) is 6.22. The molecule has 0 bridgehead atoms. The molecule has 2 aromatic carbocycles. The summed E-state index contributed by atoms with van der Waals surface area (Å²) in [6.07, 6.45) is 0.857. The fourth-order valence-corrected chi connectivity index (χ4v) is 4.24. The molecular formula is C26H34ClN3O4. The van der Waals surface area contributed by atoms with E-state index >= 15 is 0 Å². The van der Waals surface area contributed by atoms with E-state index in [-0.39, 0.29) is 24.5 Å². The predicted molar refractivity (Wildman–Crippen MR) is 133 cm³/mol. The third-order valence-electron chi connectivity index (χ3n) is 5.97. The first-order valence-corrected chi connectivity index (χ1v) is 12.1. The molecule has 0 aromatic heterocycles. The summed E-state index contributed by atoms with van der Waals surface area (Å²) in [5.41, 5.74) is 2.52. The molecule has 1 aliphatic heterocycles. The monoisotopic (exact) mass is 487 g/mol. The quantitative estimate of drug-likeness (QED) is 0.366. The van der Waals surface area contributed by atoms with Gasteiger partial charge in [0.25, 0.3) is 0 Å². The third kappa shape index (κ3) is 8.40. The first-order chi connectivity index (χ1) is 16.6. The molecule has 1 amide bonds. The van der Waals surface area contributed by atoms with Crippen LogP contribution in [-0.4, -0.2) is 81.3 Å². The first kappa shape index (κ1) is 26.2. The van der Waals surface area contributed by atoms with E-state index in [1.54, 1.807) is 0 Å². The summed E-state index contributed by atoms with van der Waals surface area (Å²) in [4.78, 5) is 27.8. The number of piperazine rings is 1. The number of esters is 1. The molecule has 34 heavy (non-hydrogen) atoms. The maximum absolute atomic E-state index is 11.8. The van der Waals surface area contributed by atoms with E-state index in [1.165, 1.54) is 18.2 Å². The highest BCUT2D eigenvalue weighted by atomic mass is 35.5. The van der Waals surface area contributed by atoms with Crippen molar-refractivity contribution in [3.8, 4) is 0 Å². The van der Waals surface area contributed by atoms with E-state index in [0.29, 0.717) is 26.0 Å². The average Bonchev–Trinajstić information content (AvgIpc) is 2.87. The van der Waals surface area contributed by atoms with E-state index in [1.807, 2.05) is 18.2 Å². The zero-order chi connectivity index (χ0) is 24.2. The first-order valence-electron chi connectivity index (χ1n) is 11.7. The van der Waals surface area contributed by atoms with Crippen molar-refractivity contribution in [2.45, 2.75) is 18.9 Å². The molecule has 7 nitrogen and oxygen atoms in total. The van der Waals surface area contributed by atoms with Gasteiger partial charge in [-0.25, -0.2) is 0 Å². The van der Waals surface area contributed by atoms with Crippen LogP contribution in [0, 0.1) is 0 Å². The highest BCUT2D eigenvalue weighted by molar-refractivity contribution is 6.30.